The smallest absolute Gasteiger partial charge is 0.323 e. The van der Waals surface area contributed by atoms with Crippen LogP contribution < -0.4 is 11.0 Å². The fraction of sp³-hybridized carbons (Fsp3) is 0.190. The van der Waals surface area contributed by atoms with Gasteiger partial charge in [0.05, 0.1) is 28.8 Å². The molecule has 2 aromatic heterocycles. The predicted octanol–water partition coefficient (Wildman–Crippen LogP) is 2.52. The molecule has 0 bridgehead atoms. The highest BCUT2D eigenvalue weighted by atomic mass is 16.1. The molecular weight excluding hydrogens is 354 g/mol. The topological polar surface area (TPSA) is 95.6 Å². The number of aromatic nitrogens is 4. The molecule has 0 aliphatic rings. The number of aromatic amines is 2. The molecule has 4 aromatic rings. The van der Waals surface area contributed by atoms with E-state index in [4.69, 9.17) is 0 Å². The number of H-pyrrole nitrogens is 2. The number of hydrogen-bond donors (Lipinski definition) is 3. The van der Waals surface area contributed by atoms with Gasteiger partial charge >= 0.3 is 5.69 Å². The lowest BCUT2D eigenvalue weighted by Gasteiger charge is -2.07. The molecule has 4 rings (SSSR count). The summed E-state index contributed by atoms with van der Waals surface area (Å²) in [6.07, 6.45) is 0.272. The highest BCUT2D eigenvalue weighted by Gasteiger charge is 2.15. The fourth-order valence-corrected chi connectivity index (χ4v) is 3.36. The van der Waals surface area contributed by atoms with E-state index in [1.807, 2.05) is 67.1 Å². The van der Waals surface area contributed by atoms with Crippen LogP contribution >= 0.6 is 0 Å². The number of fused-ring (bicyclic) bond motifs is 1. The predicted molar refractivity (Wildman–Crippen MR) is 108 cm³/mol. The Bertz CT molecular complexity index is 1200. The molecule has 0 spiro atoms. The number of benzene rings is 2. The van der Waals surface area contributed by atoms with E-state index in [1.54, 1.807) is 0 Å². The zero-order chi connectivity index (χ0) is 19.7. The van der Waals surface area contributed by atoms with Gasteiger partial charge in [-0.25, -0.2) is 9.48 Å². The normalized spacial score (nSPS) is 11.1. The monoisotopic (exact) mass is 375 g/mol. The number of nitrogens with one attached hydrogen (secondary N) is 3. The lowest BCUT2D eigenvalue weighted by molar-refractivity contribution is -0.120. The Kier molecular flexibility index (Phi) is 4.57. The van der Waals surface area contributed by atoms with Crippen LogP contribution in [0.2, 0.25) is 0 Å². The summed E-state index contributed by atoms with van der Waals surface area (Å²) >= 11 is 0. The fourth-order valence-electron chi connectivity index (χ4n) is 3.36. The van der Waals surface area contributed by atoms with Crippen LogP contribution in [-0.4, -0.2) is 25.7 Å². The Labute approximate surface area is 161 Å². The van der Waals surface area contributed by atoms with Gasteiger partial charge in [-0.05, 0) is 43.7 Å². The molecule has 0 saturated heterocycles. The van der Waals surface area contributed by atoms with E-state index in [0.29, 0.717) is 6.54 Å². The number of aryl methyl sites for hydroxylation is 1. The van der Waals surface area contributed by atoms with Crippen LogP contribution in [0.3, 0.4) is 0 Å². The molecule has 0 unspecified atom stereocenters. The van der Waals surface area contributed by atoms with Gasteiger partial charge in [0.1, 0.15) is 0 Å². The van der Waals surface area contributed by atoms with E-state index in [1.165, 1.54) is 0 Å². The average Bonchev–Trinajstić information content (AvgIpc) is 3.20. The summed E-state index contributed by atoms with van der Waals surface area (Å²) in [6, 6.07) is 15.4. The van der Waals surface area contributed by atoms with Gasteiger partial charge in [0.25, 0.3) is 0 Å². The van der Waals surface area contributed by atoms with E-state index in [0.717, 1.165) is 39.2 Å². The Morgan fingerprint density at radius 1 is 1.07 bits per heavy atom. The van der Waals surface area contributed by atoms with Crippen LogP contribution in [0.25, 0.3) is 16.7 Å². The van der Waals surface area contributed by atoms with Crippen molar-refractivity contribution in [2.75, 3.05) is 0 Å². The van der Waals surface area contributed by atoms with Crippen molar-refractivity contribution in [3.63, 3.8) is 0 Å². The van der Waals surface area contributed by atoms with Crippen molar-refractivity contribution in [1.82, 2.24) is 25.1 Å². The molecule has 1 amide bonds. The van der Waals surface area contributed by atoms with Gasteiger partial charge in [0.15, 0.2) is 0 Å². The van der Waals surface area contributed by atoms with Crippen LogP contribution in [0.1, 0.15) is 22.5 Å². The van der Waals surface area contributed by atoms with E-state index in [2.05, 4.69) is 20.4 Å². The molecule has 0 fully saturated rings. The van der Waals surface area contributed by atoms with Gasteiger partial charge in [-0.1, -0.05) is 24.3 Å². The molecule has 142 valence electrons. The first kappa shape index (κ1) is 17.8. The number of carbonyl (C=O) groups is 1. The average molecular weight is 375 g/mol. The van der Waals surface area contributed by atoms with Gasteiger partial charge < -0.3 is 15.3 Å². The first-order valence-corrected chi connectivity index (χ1v) is 9.09. The van der Waals surface area contributed by atoms with E-state index < -0.39 is 0 Å². The minimum absolute atomic E-state index is 0.0681. The van der Waals surface area contributed by atoms with Crippen molar-refractivity contribution in [3.8, 4) is 5.69 Å². The number of hydrogen-bond acceptors (Lipinski definition) is 3. The van der Waals surface area contributed by atoms with Crippen molar-refractivity contribution in [1.29, 1.82) is 0 Å². The number of nitrogens with zero attached hydrogens (tertiary/aromatic N) is 2. The summed E-state index contributed by atoms with van der Waals surface area (Å²) < 4.78 is 1.87. The molecular formula is C21H21N5O2. The maximum atomic E-state index is 12.5. The Morgan fingerprint density at radius 2 is 1.82 bits per heavy atom. The van der Waals surface area contributed by atoms with Gasteiger partial charge in [-0.3, -0.25) is 4.79 Å². The molecule has 3 N–H and O–H groups in total. The second kappa shape index (κ2) is 7.19. The molecule has 2 aromatic carbocycles. The maximum Gasteiger partial charge on any atom is 0.323 e. The van der Waals surface area contributed by atoms with Crippen molar-refractivity contribution in [2.24, 2.45) is 0 Å². The summed E-state index contributed by atoms with van der Waals surface area (Å²) in [5.74, 6) is -0.0681. The third-order valence-corrected chi connectivity index (χ3v) is 4.85. The Morgan fingerprint density at radius 3 is 2.61 bits per heavy atom. The summed E-state index contributed by atoms with van der Waals surface area (Å²) in [7, 11) is 0. The third-order valence-electron chi connectivity index (χ3n) is 4.85. The lowest BCUT2D eigenvalue weighted by Crippen LogP contribution is -2.25. The number of carbonyl (C=O) groups excluding carboxylic acids is 1. The van der Waals surface area contributed by atoms with Crippen LogP contribution in [-0.2, 0) is 17.8 Å². The molecule has 28 heavy (non-hydrogen) atoms. The van der Waals surface area contributed by atoms with E-state index >= 15 is 0 Å². The molecule has 2 heterocycles. The SMILES string of the molecule is Cc1nn(-c2ccccc2)c(C)c1CC(=O)NCc1ccc2[nH]c(=O)[nH]c2c1. The summed E-state index contributed by atoms with van der Waals surface area (Å²) in [5.41, 5.74) is 5.89. The zero-order valence-electron chi connectivity index (χ0n) is 15.7. The molecule has 0 aliphatic carbocycles. The van der Waals surface area contributed by atoms with Crippen LogP contribution in [0.15, 0.2) is 53.3 Å². The van der Waals surface area contributed by atoms with Gasteiger partial charge in [0.2, 0.25) is 5.91 Å². The number of para-hydroxylation sites is 1. The third kappa shape index (κ3) is 3.46. The minimum atomic E-state index is -0.238. The first-order valence-electron chi connectivity index (χ1n) is 9.09. The second-order valence-corrected chi connectivity index (χ2v) is 6.81. The minimum Gasteiger partial charge on any atom is -0.352 e. The maximum absolute atomic E-state index is 12.5. The molecule has 0 radical (unpaired) electrons. The Balaban J connectivity index is 1.46. The van der Waals surface area contributed by atoms with Crippen molar-refractivity contribution in [3.05, 3.63) is 81.5 Å². The van der Waals surface area contributed by atoms with Crippen molar-refractivity contribution >= 4 is 16.9 Å². The molecule has 7 nitrogen and oxygen atoms in total. The van der Waals surface area contributed by atoms with E-state index in [-0.39, 0.29) is 18.0 Å². The summed E-state index contributed by atoms with van der Waals surface area (Å²) in [6.45, 7) is 4.30. The standard InChI is InChI=1S/C21H21N5O2/c1-13-17(14(2)26(25-13)16-6-4-3-5-7-16)11-20(27)22-12-15-8-9-18-19(10-15)24-21(28)23-18/h3-10H,11-12H2,1-2H3,(H,22,27)(H2,23,24,28). The largest absolute Gasteiger partial charge is 0.352 e. The summed E-state index contributed by atoms with van der Waals surface area (Å²) in [5, 5.41) is 7.53. The highest BCUT2D eigenvalue weighted by molar-refractivity contribution is 5.79. The zero-order valence-corrected chi connectivity index (χ0v) is 15.7. The quantitative estimate of drug-likeness (QED) is 0.500. The number of amides is 1. The second-order valence-electron chi connectivity index (χ2n) is 6.81. The molecule has 7 heteroatoms. The first-order chi connectivity index (χ1) is 13.5. The molecule has 0 atom stereocenters. The Hall–Kier alpha value is -3.61. The molecule has 0 aliphatic heterocycles. The van der Waals surface area contributed by atoms with Crippen LogP contribution in [0.5, 0.6) is 0 Å². The number of imidazole rings is 1. The van der Waals surface area contributed by atoms with Gasteiger partial charge in [-0.15, -0.1) is 0 Å². The van der Waals surface area contributed by atoms with Crippen LogP contribution in [0.4, 0.5) is 0 Å². The van der Waals surface area contributed by atoms with Gasteiger partial charge in [0, 0.05) is 17.8 Å². The van der Waals surface area contributed by atoms with Crippen molar-refractivity contribution in [2.45, 2.75) is 26.8 Å². The van der Waals surface area contributed by atoms with Crippen LogP contribution in [0, 0.1) is 13.8 Å². The summed E-state index contributed by atoms with van der Waals surface area (Å²) in [4.78, 5) is 29.3. The number of rotatable bonds is 5. The van der Waals surface area contributed by atoms with E-state index in [9.17, 15) is 9.59 Å². The molecule has 0 saturated carbocycles. The van der Waals surface area contributed by atoms with Gasteiger partial charge in [-0.2, -0.15) is 5.10 Å². The highest BCUT2D eigenvalue weighted by Crippen LogP contribution is 2.18. The van der Waals surface area contributed by atoms with Crippen molar-refractivity contribution < 1.29 is 4.79 Å². The lowest BCUT2D eigenvalue weighted by atomic mass is 10.1.